The molecule has 0 bridgehead atoms. The largest absolute Gasteiger partial charge is 0.312 e. The first kappa shape index (κ1) is 12.4. The summed E-state index contributed by atoms with van der Waals surface area (Å²) in [6.45, 7) is 2.05. The molecule has 0 saturated carbocycles. The molecule has 0 radical (unpaired) electrons. The minimum atomic E-state index is -0.0811. The van der Waals surface area contributed by atoms with Crippen molar-refractivity contribution in [2.45, 2.75) is 19.5 Å². The Kier molecular flexibility index (Phi) is 3.36. The molecule has 4 nitrogen and oxygen atoms in total. The van der Waals surface area contributed by atoms with Crippen LogP contribution in [0.3, 0.4) is 0 Å². The standard InChI is InChI=1S/C14H14ClN3O/c15-12-4-2-1-3-10(12)9-18-14(19)7-11-8-16-6-5-13(11)17-18/h1-4,7,16H,5-6,8-9H2. The molecular formula is C14H14ClN3O. The van der Waals surface area contributed by atoms with Gasteiger partial charge in [-0.25, -0.2) is 4.68 Å². The highest BCUT2D eigenvalue weighted by Gasteiger charge is 2.13. The molecule has 2 aromatic rings. The highest BCUT2D eigenvalue weighted by Crippen LogP contribution is 2.15. The van der Waals surface area contributed by atoms with Gasteiger partial charge in [0.2, 0.25) is 0 Å². The third kappa shape index (κ3) is 2.55. The summed E-state index contributed by atoms with van der Waals surface area (Å²) in [5.41, 5.74) is 2.84. The molecule has 2 heterocycles. The van der Waals surface area contributed by atoms with Crippen molar-refractivity contribution in [3.05, 3.63) is 62.5 Å². The molecule has 3 rings (SSSR count). The monoisotopic (exact) mass is 275 g/mol. The third-order valence-electron chi connectivity index (χ3n) is 3.30. The van der Waals surface area contributed by atoms with Crippen LogP contribution in [0.2, 0.25) is 5.02 Å². The molecule has 1 aliphatic rings. The minimum Gasteiger partial charge on any atom is -0.312 e. The number of hydrogen-bond donors (Lipinski definition) is 1. The van der Waals surface area contributed by atoms with Gasteiger partial charge in [0.25, 0.3) is 5.56 Å². The van der Waals surface area contributed by atoms with Crippen molar-refractivity contribution >= 4 is 11.6 Å². The number of aromatic nitrogens is 2. The summed E-state index contributed by atoms with van der Waals surface area (Å²) in [5.74, 6) is 0. The maximum Gasteiger partial charge on any atom is 0.267 e. The Morgan fingerprint density at radius 3 is 3.05 bits per heavy atom. The van der Waals surface area contributed by atoms with Crippen LogP contribution in [0, 0.1) is 0 Å². The maximum atomic E-state index is 12.0. The SMILES string of the molecule is O=c1cc2c(nn1Cc1ccccc1Cl)CCNC2. The summed E-state index contributed by atoms with van der Waals surface area (Å²) in [6.07, 6.45) is 0.859. The van der Waals surface area contributed by atoms with Crippen molar-refractivity contribution in [2.75, 3.05) is 6.54 Å². The summed E-state index contributed by atoms with van der Waals surface area (Å²) in [5, 5.41) is 8.35. The highest BCUT2D eigenvalue weighted by atomic mass is 35.5. The number of benzene rings is 1. The maximum absolute atomic E-state index is 12.0. The molecule has 0 atom stereocenters. The first-order chi connectivity index (χ1) is 9.24. The van der Waals surface area contributed by atoms with Crippen LogP contribution in [0.1, 0.15) is 16.8 Å². The smallest absolute Gasteiger partial charge is 0.267 e. The second-order valence-corrected chi connectivity index (χ2v) is 5.04. The molecule has 0 aliphatic carbocycles. The van der Waals surface area contributed by atoms with Crippen LogP contribution in [0.5, 0.6) is 0 Å². The molecule has 0 unspecified atom stereocenters. The zero-order chi connectivity index (χ0) is 13.2. The molecule has 19 heavy (non-hydrogen) atoms. The zero-order valence-corrected chi connectivity index (χ0v) is 11.2. The van der Waals surface area contributed by atoms with E-state index in [-0.39, 0.29) is 5.56 Å². The Balaban J connectivity index is 1.97. The first-order valence-corrected chi connectivity index (χ1v) is 6.66. The lowest BCUT2D eigenvalue weighted by Gasteiger charge is -2.17. The third-order valence-corrected chi connectivity index (χ3v) is 3.66. The van der Waals surface area contributed by atoms with E-state index in [0.29, 0.717) is 11.6 Å². The number of rotatable bonds is 2. The summed E-state index contributed by atoms with van der Waals surface area (Å²) in [6, 6.07) is 9.20. The fourth-order valence-electron chi connectivity index (χ4n) is 2.26. The second kappa shape index (κ2) is 5.15. The van der Waals surface area contributed by atoms with Gasteiger partial charge in [0.1, 0.15) is 0 Å². The van der Waals surface area contributed by atoms with Crippen molar-refractivity contribution in [1.29, 1.82) is 0 Å². The number of hydrogen-bond acceptors (Lipinski definition) is 3. The quantitative estimate of drug-likeness (QED) is 0.905. The lowest BCUT2D eigenvalue weighted by atomic mass is 10.1. The predicted octanol–water partition coefficient (Wildman–Crippen LogP) is 1.59. The van der Waals surface area contributed by atoms with Crippen molar-refractivity contribution in [3.63, 3.8) is 0 Å². The topological polar surface area (TPSA) is 46.9 Å². The van der Waals surface area contributed by atoms with E-state index in [1.54, 1.807) is 6.07 Å². The van der Waals surface area contributed by atoms with Crippen LogP contribution in [0.4, 0.5) is 0 Å². The average molecular weight is 276 g/mol. The van der Waals surface area contributed by atoms with Crippen molar-refractivity contribution in [2.24, 2.45) is 0 Å². The van der Waals surface area contributed by atoms with E-state index < -0.39 is 0 Å². The number of nitrogens with zero attached hydrogens (tertiary/aromatic N) is 2. The first-order valence-electron chi connectivity index (χ1n) is 6.28. The van der Waals surface area contributed by atoms with Crippen LogP contribution in [-0.4, -0.2) is 16.3 Å². The molecule has 5 heteroatoms. The summed E-state index contributed by atoms with van der Waals surface area (Å²) in [7, 11) is 0. The molecule has 1 aromatic carbocycles. The van der Waals surface area contributed by atoms with Gasteiger partial charge >= 0.3 is 0 Å². The van der Waals surface area contributed by atoms with E-state index in [1.165, 1.54) is 4.68 Å². The van der Waals surface area contributed by atoms with E-state index in [0.717, 1.165) is 36.3 Å². The normalized spacial score (nSPS) is 14.2. The molecule has 1 aliphatic heterocycles. The number of nitrogens with one attached hydrogen (secondary N) is 1. The Hall–Kier alpha value is -1.65. The van der Waals surface area contributed by atoms with E-state index in [1.807, 2.05) is 24.3 Å². The predicted molar refractivity (Wildman–Crippen MR) is 74.5 cm³/mol. The molecular weight excluding hydrogens is 262 g/mol. The average Bonchev–Trinajstić information content (AvgIpc) is 2.42. The summed E-state index contributed by atoms with van der Waals surface area (Å²) < 4.78 is 1.49. The van der Waals surface area contributed by atoms with Gasteiger partial charge in [-0.1, -0.05) is 29.8 Å². The van der Waals surface area contributed by atoms with Gasteiger partial charge in [-0.3, -0.25) is 4.79 Å². The Morgan fingerprint density at radius 1 is 1.37 bits per heavy atom. The van der Waals surface area contributed by atoms with E-state index >= 15 is 0 Å². The molecule has 1 N–H and O–H groups in total. The fraction of sp³-hybridized carbons (Fsp3) is 0.286. The summed E-state index contributed by atoms with van der Waals surface area (Å²) in [4.78, 5) is 12.0. The van der Waals surface area contributed by atoms with Crippen LogP contribution in [0.25, 0.3) is 0 Å². The lowest BCUT2D eigenvalue weighted by molar-refractivity contribution is 0.562. The second-order valence-electron chi connectivity index (χ2n) is 4.63. The molecule has 0 saturated heterocycles. The van der Waals surface area contributed by atoms with Crippen molar-refractivity contribution in [1.82, 2.24) is 15.1 Å². The number of halogens is 1. The van der Waals surface area contributed by atoms with Crippen molar-refractivity contribution < 1.29 is 0 Å². The van der Waals surface area contributed by atoms with Gasteiger partial charge < -0.3 is 5.32 Å². The van der Waals surface area contributed by atoms with Gasteiger partial charge in [0, 0.05) is 30.6 Å². The minimum absolute atomic E-state index is 0.0811. The molecule has 1 aromatic heterocycles. The van der Waals surface area contributed by atoms with Gasteiger partial charge in [0.05, 0.1) is 12.2 Å². The molecule has 98 valence electrons. The van der Waals surface area contributed by atoms with Gasteiger partial charge in [-0.2, -0.15) is 5.10 Å². The van der Waals surface area contributed by atoms with Gasteiger partial charge in [-0.05, 0) is 17.2 Å². The van der Waals surface area contributed by atoms with Crippen LogP contribution < -0.4 is 10.9 Å². The lowest BCUT2D eigenvalue weighted by Crippen LogP contribution is -2.31. The highest BCUT2D eigenvalue weighted by molar-refractivity contribution is 6.31. The Bertz CT molecular complexity index is 666. The Labute approximate surface area is 116 Å². The Morgan fingerprint density at radius 2 is 2.21 bits per heavy atom. The number of fused-ring (bicyclic) bond motifs is 1. The molecule has 0 fully saturated rings. The van der Waals surface area contributed by atoms with E-state index in [4.69, 9.17) is 11.6 Å². The van der Waals surface area contributed by atoms with E-state index in [9.17, 15) is 4.79 Å². The summed E-state index contributed by atoms with van der Waals surface area (Å²) >= 11 is 6.12. The molecule has 0 spiro atoms. The van der Waals surface area contributed by atoms with Crippen LogP contribution >= 0.6 is 11.6 Å². The van der Waals surface area contributed by atoms with Crippen LogP contribution in [0.15, 0.2) is 35.1 Å². The fourth-order valence-corrected chi connectivity index (χ4v) is 2.46. The zero-order valence-electron chi connectivity index (χ0n) is 10.4. The van der Waals surface area contributed by atoms with Crippen LogP contribution in [-0.2, 0) is 19.5 Å². The molecule has 0 amide bonds. The van der Waals surface area contributed by atoms with Gasteiger partial charge in [0.15, 0.2) is 0 Å². The van der Waals surface area contributed by atoms with Crippen molar-refractivity contribution in [3.8, 4) is 0 Å². The van der Waals surface area contributed by atoms with E-state index in [2.05, 4.69) is 10.4 Å². The van der Waals surface area contributed by atoms with Gasteiger partial charge in [-0.15, -0.1) is 0 Å².